The molecule has 2 nitrogen and oxygen atoms in total. The third-order valence-electron chi connectivity index (χ3n) is 4.15. The molecule has 22 heavy (non-hydrogen) atoms. The van der Waals surface area contributed by atoms with Crippen molar-refractivity contribution in [2.75, 3.05) is 0 Å². The molecule has 0 radical (unpaired) electrons. The maximum absolute atomic E-state index is 4.33. The Hall–Kier alpha value is -2.13. The quantitative estimate of drug-likeness (QED) is 0.658. The molecule has 0 bridgehead atoms. The summed E-state index contributed by atoms with van der Waals surface area (Å²) in [6.45, 7) is 4.67. The molecule has 0 unspecified atom stereocenters. The second-order valence-electron chi connectivity index (χ2n) is 6.16. The van der Waals surface area contributed by atoms with Crippen molar-refractivity contribution in [1.29, 1.82) is 0 Å². The fourth-order valence-electron chi connectivity index (χ4n) is 3.31. The van der Waals surface area contributed by atoms with Crippen LogP contribution in [0.25, 0.3) is 0 Å². The van der Waals surface area contributed by atoms with Crippen LogP contribution < -0.4 is 0 Å². The predicted molar refractivity (Wildman–Crippen MR) is 94.9 cm³/mol. The topological polar surface area (TPSA) is 17.8 Å². The van der Waals surface area contributed by atoms with Crippen molar-refractivity contribution in [3.63, 3.8) is 0 Å². The van der Waals surface area contributed by atoms with Crippen LogP contribution in [0.3, 0.4) is 0 Å². The molecule has 112 valence electrons. The van der Waals surface area contributed by atoms with E-state index >= 15 is 0 Å². The number of imidazole rings is 1. The minimum atomic E-state index is -0.489. The summed E-state index contributed by atoms with van der Waals surface area (Å²) in [4.78, 5) is 4.33. The third-order valence-corrected chi connectivity index (χ3v) is 6.74. The van der Waals surface area contributed by atoms with Gasteiger partial charge in [0.05, 0.1) is 21.0 Å². The van der Waals surface area contributed by atoms with Crippen molar-refractivity contribution in [2.45, 2.75) is 24.6 Å². The van der Waals surface area contributed by atoms with Gasteiger partial charge < -0.3 is 4.57 Å². The van der Waals surface area contributed by atoms with Gasteiger partial charge in [-0.05, 0) is 11.1 Å². The summed E-state index contributed by atoms with van der Waals surface area (Å²) in [5.74, 6) is 0. The van der Waals surface area contributed by atoms with E-state index in [0.717, 1.165) is 0 Å². The molecule has 3 heteroatoms. The van der Waals surface area contributed by atoms with Crippen LogP contribution in [-0.4, -0.2) is 19.1 Å². The minimum absolute atomic E-state index is 0.0762. The maximum Gasteiger partial charge on any atom is 0.0953 e. The van der Waals surface area contributed by atoms with Crippen molar-refractivity contribution in [3.8, 4) is 0 Å². The molecule has 0 amide bonds. The van der Waals surface area contributed by atoms with Gasteiger partial charge in [0.15, 0.2) is 0 Å². The molecular formula is C19H22N2Si. The van der Waals surface area contributed by atoms with Crippen LogP contribution in [-0.2, 0) is 5.16 Å². The van der Waals surface area contributed by atoms with Gasteiger partial charge in [-0.2, -0.15) is 0 Å². The van der Waals surface area contributed by atoms with Crippen molar-refractivity contribution >= 4 is 9.52 Å². The molecule has 0 spiro atoms. The summed E-state index contributed by atoms with van der Waals surface area (Å²) >= 11 is 0. The van der Waals surface area contributed by atoms with Gasteiger partial charge in [0.1, 0.15) is 0 Å². The molecule has 0 aliphatic heterocycles. The minimum Gasteiger partial charge on any atom is -0.327 e. The SMILES string of the molecule is CC(C)[SiH2]C(c1ccccc1)(c1ccccc1)n1ccnc1. The number of rotatable bonds is 5. The van der Waals surface area contributed by atoms with Crippen molar-refractivity contribution in [3.05, 3.63) is 90.5 Å². The van der Waals surface area contributed by atoms with Gasteiger partial charge in [-0.1, -0.05) is 80.1 Å². The zero-order valence-electron chi connectivity index (χ0n) is 13.2. The zero-order valence-corrected chi connectivity index (χ0v) is 14.6. The zero-order chi connectivity index (χ0) is 15.4. The Kier molecular flexibility index (Phi) is 4.25. The van der Waals surface area contributed by atoms with Gasteiger partial charge in [0.2, 0.25) is 0 Å². The van der Waals surface area contributed by atoms with E-state index in [-0.39, 0.29) is 5.16 Å². The van der Waals surface area contributed by atoms with E-state index in [4.69, 9.17) is 0 Å². The lowest BCUT2D eigenvalue weighted by Crippen LogP contribution is -2.42. The van der Waals surface area contributed by atoms with E-state index in [9.17, 15) is 0 Å². The van der Waals surface area contributed by atoms with E-state index in [1.807, 2.05) is 12.5 Å². The number of aromatic nitrogens is 2. The Labute approximate surface area is 134 Å². The van der Waals surface area contributed by atoms with Crippen LogP contribution in [0.15, 0.2) is 79.4 Å². The largest absolute Gasteiger partial charge is 0.327 e. The van der Waals surface area contributed by atoms with Gasteiger partial charge >= 0.3 is 0 Å². The van der Waals surface area contributed by atoms with Crippen LogP contribution in [0.2, 0.25) is 5.54 Å². The van der Waals surface area contributed by atoms with E-state index in [2.05, 4.69) is 90.3 Å². The molecule has 0 aliphatic carbocycles. The average molecular weight is 306 g/mol. The summed E-state index contributed by atoms with van der Waals surface area (Å²) in [6.07, 6.45) is 5.96. The lowest BCUT2D eigenvalue weighted by Gasteiger charge is -2.38. The Morgan fingerprint density at radius 1 is 0.909 bits per heavy atom. The predicted octanol–water partition coefficient (Wildman–Crippen LogP) is 3.63. The second-order valence-corrected chi connectivity index (χ2v) is 9.22. The molecule has 0 fully saturated rings. The Bertz CT molecular complexity index is 651. The normalized spacial score (nSPS) is 12.3. The van der Waals surface area contributed by atoms with Gasteiger partial charge in [-0.15, -0.1) is 0 Å². The number of hydrogen-bond acceptors (Lipinski definition) is 1. The Morgan fingerprint density at radius 3 is 1.86 bits per heavy atom. The highest BCUT2D eigenvalue weighted by Crippen LogP contribution is 2.35. The van der Waals surface area contributed by atoms with Gasteiger partial charge in [0.25, 0.3) is 0 Å². The molecular weight excluding hydrogens is 284 g/mol. The van der Waals surface area contributed by atoms with Crippen LogP contribution in [0.5, 0.6) is 0 Å². The monoisotopic (exact) mass is 306 g/mol. The molecule has 0 aliphatic rings. The molecule has 3 rings (SSSR count). The van der Waals surface area contributed by atoms with E-state index in [1.54, 1.807) is 0 Å². The summed E-state index contributed by atoms with van der Waals surface area (Å²) in [7, 11) is -0.489. The van der Waals surface area contributed by atoms with Crippen molar-refractivity contribution < 1.29 is 0 Å². The first-order chi connectivity index (χ1) is 10.7. The molecule has 1 heterocycles. The van der Waals surface area contributed by atoms with Crippen molar-refractivity contribution in [1.82, 2.24) is 9.55 Å². The lowest BCUT2D eigenvalue weighted by atomic mass is 9.97. The lowest BCUT2D eigenvalue weighted by molar-refractivity contribution is 0.585. The van der Waals surface area contributed by atoms with Gasteiger partial charge in [-0.25, -0.2) is 4.98 Å². The fourth-order valence-corrected chi connectivity index (χ4v) is 5.83. The van der Waals surface area contributed by atoms with E-state index in [1.165, 1.54) is 11.1 Å². The summed E-state index contributed by atoms with van der Waals surface area (Å²) in [5.41, 5.74) is 3.42. The third kappa shape index (κ3) is 2.64. The molecule has 3 aromatic rings. The summed E-state index contributed by atoms with van der Waals surface area (Å²) < 4.78 is 2.31. The van der Waals surface area contributed by atoms with Crippen LogP contribution in [0, 0.1) is 0 Å². The van der Waals surface area contributed by atoms with E-state index < -0.39 is 9.52 Å². The summed E-state index contributed by atoms with van der Waals surface area (Å²) in [6, 6.07) is 21.7. The molecule has 2 aromatic carbocycles. The average Bonchev–Trinajstić information content (AvgIpc) is 3.09. The highest BCUT2D eigenvalue weighted by atomic mass is 28.2. The fraction of sp³-hybridized carbons (Fsp3) is 0.211. The van der Waals surface area contributed by atoms with E-state index in [0.29, 0.717) is 5.54 Å². The smallest absolute Gasteiger partial charge is 0.0953 e. The van der Waals surface area contributed by atoms with Gasteiger partial charge in [0, 0.05) is 12.4 Å². The maximum atomic E-state index is 4.33. The number of benzene rings is 2. The standard InChI is InChI=1S/C19H22N2Si/c1-16(2)22-19(21-14-13-20-15-21,17-9-5-3-6-10-17)18-11-7-4-8-12-18/h3-16H,22H2,1-2H3. The highest BCUT2D eigenvalue weighted by molar-refractivity contribution is 6.43. The first kappa shape index (κ1) is 14.8. The van der Waals surface area contributed by atoms with Gasteiger partial charge in [-0.3, -0.25) is 0 Å². The summed E-state index contributed by atoms with van der Waals surface area (Å²) in [5, 5.41) is -0.0762. The Morgan fingerprint density at radius 2 is 1.45 bits per heavy atom. The number of nitrogens with zero attached hydrogens (tertiary/aromatic N) is 2. The van der Waals surface area contributed by atoms with Crippen LogP contribution in [0.4, 0.5) is 0 Å². The highest BCUT2D eigenvalue weighted by Gasteiger charge is 2.36. The van der Waals surface area contributed by atoms with Crippen LogP contribution in [0.1, 0.15) is 25.0 Å². The first-order valence-corrected chi connectivity index (χ1v) is 9.35. The molecule has 0 N–H and O–H groups in total. The number of hydrogen-bond donors (Lipinski definition) is 0. The second kappa shape index (κ2) is 6.32. The molecule has 1 aromatic heterocycles. The Balaban J connectivity index is 2.28. The first-order valence-electron chi connectivity index (χ1n) is 7.83. The van der Waals surface area contributed by atoms with Crippen molar-refractivity contribution in [2.24, 2.45) is 0 Å². The molecule has 0 atom stereocenters. The van der Waals surface area contributed by atoms with Crippen LogP contribution >= 0.6 is 0 Å². The molecule has 0 saturated heterocycles. The molecule has 0 saturated carbocycles.